The Morgan fingerprint density at radius 2 is 2.31 bits per heavy atom. The maximum atomic E-state index is 13.1. The molecule has 1 unspecified atom stereocenters. The Bertz CT molecular complexity index is 233. The van der Waals surface area contributed by atoms with Crippen LogP contribution in [0.4, 0.5) is 4.39 Å². The van der Waals surface area contributed by atoms with E-state index < -0.39 is 11.8 Å². The fraction of sp³-hybridized carbons (Fsp3) is 0.700. The molecule has 3 heteroatoms. The summed E-state index contributed by atoms with van der Waals surface area (Å²) in [6, 6.07) is 0. The van der Waals surface area contributed by atoms with E-state index in [1.165, 1.54) is 0 Å². The van der Waals surface area contributed by atoms with Gasteiger partial charge in [-0.1, -0.05) is 13.3 Å². The van der Waals surface area contributed by atoms with Crippen LogP contribution in [-0.2, 0) is 4.79 Å². The van der Waals surface area contributed by atoms with Crippen LogP contribution in [0.2, 0.25) is 0 Å². The monoisotopic (exact) mass is 186 g/mol. The molecule has 0 saturated heterocycles. The zero-order valence-corrected chi connectivity index (χ0v) is 7.85. The first kappa shape index (κ1) is 10.2. The topological polar surface area (TPSA) is 37.3 Å². The lowest BCUT2D eigenvalue weighted by molar-refractivity contribution is -0.134. The van der Waals surface area contributed by atoms with Crippen LogP contribution in [0.5, 0.6) is 0 Å². The van der Waals surface area contributed by atoms with E-state index in [1.54, 1.807) is 0 Å². The Morgan fingerprint density at radius 1 is 1.62 bits per heavy atom. The van der Waals surface area contributed by atoms with Gasteiger partial charge in [-0.3, -0.25) is 0 Å². The van der Waals surface area contributed by atoms with Gasteiger partial charge < -0.3 is 5.11 Å². The molecule has 0 spiro atoms. The van der Waals surface area contributed by atoms with Crippen LogP contribution in [0.15, 0.2) is 11.4 Å². The van der Waals surface area contributed by atoms with E-state index in [0.717, 1.165) is 25.7 Å². The molecular weight excluding hydrogens is 171 g/mol. The number of aliphatic carboxylic acids is 1. The summed E-state index contributed by atoms with van der Waals surface area (Å²) in [5.74, 6) is -2.16. The summed E-state index contributed by atoms with van der Waals surface area (Å²) >= 11 is 0. The van der Waals surface area contributed by atoms with Crippen molar-refractivity contribution in [3.05, 3.63) is 11.4 Å². The molecule has 1 N–H and O–H groups in total. The summed E-state index contributed by atoms with van der Waals surface area (Å²) in [6.07, 6.45) is 4.42. The summed E-state index contributed by atoms with van der Waals surface area (Å²) in [5, 5.41) is 8.51. The Kier molecular flexibility index (Phi) is 3.46. The number of allylic oxidation sites excluding steroid dienone is 1. The van der Waals surface area contributed by atoms with Crippen LogP contribution in [0.25, 0.3) is 0 Å². The highest BCUT2D eigenvalue weighted by Crippen LogP contribution is 2.34. The average Bonchev–Trinajstić information content (AvgIpc) is 2.16. The largest absolute Gasteiger partial charge is 0.476 e. The lowest BCUT2D eigenvalue weighted by Crippen LogP contribution is -2.13. The number of carboxylic acids is 1. The molecule has 0 heterocycles. The summed E-state index contributed by atoms with van der Waals surface area (Å²) in [4.78, 5) is 10.4. The van der Waals surface area contributed by atoms with E-state index >= 15 is 0 Å². The Balaban J connectivity index is 2.85. The van der Waals surface area contributed by atoms with Crippen LogP contribution in [0.3, 0.4) is 0 Å². The highest BCUT2D eigenvalue weighted by atomic mass is 19.1. The first-order valence-corrected chi connectivity index (χ1v) is 4.78. The molecule has 0 bridgehead atoms. The maximum absolute atomic E-state index is 13.1. The number of rotatable bonds is 2. The van der Waals surface area contributed by atoms with Crippen molar-refractivity contribution in [3.63, 3.8) is 0 Å². The zero-order valence-electron chi connectivity index (χ0n) is 7.85. The lowest BCUT2D eigenvalue weighted by atomic mass is 9.82. The van der Waals surface area contributed by atoms with Gasteiger partial charge in [0.2, 0.25) is 5.83 Å². The number of hydrogen-bond acceptors (Lipinski definition) is 1. The summed E-state index contributed by atoms with van der Waals surface area (Å²) in [5.41, 5.74) is 0.529. The fourth-order valence-corrected chi connectivity index (χ4v) is 1.96. The quantitative estimate of drug-likeness (QED) is 0.673. The molecule has 2 nitrogen and oxygen atoms in total. The van der Waals surface area contributed by atoms with Crippen LogP contribution in [0, 0.1) is 5.92 Å². The van der Waals surface area contributed by atoms with Gasteiger partial charge in [0.25, 0.3) is 0 Å². The van der Waals surface area contributed by atoms with Gasteiger partial charge in [0.1, 0.15) is 0 Å². The molecule has 74 valence electrons. The molecule has 1 rings (SSSR count). The first-order valence-electron chi connectivity index (χ1n) is 4.78. The molecule has 1 fully saturated rings. The van der Waals surface area contributed by atoms with Gasteiger partial charge >= 0.3 is 5.97 Å². The molecule has 0 aromatic heterocycles. The molecule has 0 amide bonds. The SMILES string of the molecule is CCC1CCCCC1=C(F)C(=O)O. The second-order valence-corrected chi connectivity index (χ2v) is 3.50. The minimum atomic E-state index is -1.41. The van der Waals surface area contributed by atoms with E-state index in [1.807, 2.05) is 6.92 Å². The van der Waals surface area contributed by atoms with Crippen molar-refractivity contribution in [1.82, 2.24) is 0 Å². The number of carbonyl (C=O) groups is 1. The molecule has 0 aromatic carbocycles. The van der Waals surface area contributed by atoms with E-state index in [9.17, 15) is 9.18 Å². The predicted octanol–water partition coefficient (Wildman–Crippen LogP) is 2.89. The molecule has 1 saturated carbocycles. The molecular formula is C10H15FO2. The highest BCUT2D eigenvalue weighted by Gasteiger charge is 2.23. The Morgan fingerprint density at radius 3 is 2.85 bits per heavy atom. The van der Waals surface area contributed by atoms with Gasteiger partial charge in [-0.2, -0.15) is 4.39 Å². The Hall–Kier alpha value is -0.860. The van der Waals surface area contributed by atoms with Crippen LogP contribution in [-0.4, -0.2) is 11.1 Å². The number of carboxylic acid groups (broad SMARTS) is 1. The molecule has 0 radical (unpaired) electrons. The van der Waals surface area contributed by atoms with Gasteiger partial charge in [-0.05, 0) is 37.2 Å². The van der Waals surface area contributed by atoms with Crippen LogP contribution in [0.1, 0.15) is 39.0 Å². The molecule has 1 aliphatic rings. The third-order valence-corrected chi connectivity index (χ3v) is 2.70. The molecule has 1 atom stereocenters. The van der Waals surface area contributed by atoms with Crippen LogP contribution >= 0.6 is 0 Å². The van der Waals surface area contributed by atoms with Gasteiger partial charge in [0.05, 0.1) is 0 Å². The number of halogens is 1. The second-order valence-electron chi connectivity index (χ2n) is 3.50. The molecule has 13 heavy (non-hydrogen) atoms. The van der Waals surface area contributed by atoms with Crippen molar-refractivity contribution in [2.24, 2.45) is 5.92 Å². The van der Waals surface area contributed by atoms with E-state index in [4.69, 9.17) is 5.11 Å². The third-order valence-electron chi connectivity index (χ3n) is 2.70. The van der Waals surface area contributed by atoms with Crippen molar-refractivity contribution >= 4 is 5.97 Å². The standard InChI is InChI=1S/C10H15FO2/c1-2-7-5-3-4-6-8(7)9(11)10(12)13/h7H,2-6H2,1H3,(H,12,13). The minimum absolute atomic E-state index is 0.157. The maximum Gasteiger partial charge on any atom is 0.364 e. The van der Waals surface area contributed by atoms with Gasteiger partial charge in [0.15, 0.2) is 0 Å². The van der Waals surface area contributed by atoms with E-state index in [-0.39, 0.29) is 5.92 Å². The van der Waals surface area contributed by atoms with Crippen molar-refractivity contribution < 1.29 is 14.3 Å². The predicted molar refractivity (Wildman–Crippen MR) is 48.0 cm³/mol. The average molecular weight is 186 g/mol. The summed E-state index contributed by atoms with van der Waals surface area (Å²) in [6.45, 7) is 1.98. The molecule has 0 aromatic rings. The third kappa shape index (κ3) is 2.29. The zero-order chi connectivity index (χ0) is 9.84. The van der Waals surface area contributed by atoms with Crippen molar-refractivity contribution in [2.75, 3.05) is 0 Å². The summed E-state index contributed by atoms with van der Waals surface area (Å²) in [7, 11) is 0. The Labute approximate surface area is 77.4 Å². The first-order chi connectivity index (χ1) is 6.16. The highest BCUT2D eigenvalue weighted by molar-refractivity contribution is 5.85. The van der Waals surface area contributed by atoms with Crippen molar-refractivity contribution in [2.45, 2.75) is 39.0 Å². The summed E-state index contributed by atoms with van der Waals surface area (Å²) < 4.78 is 13.1. The van der Waals surface area contributed by atoms with Crippen molar-refractivity contribution in [1.29, 1.82) is 0 Å². The normalized spacial score (nSPS) is 27.1. The van der Waals surface area contributed by atoms with Gasteiger partial charge in [0, 0.05) is 0 Å². The van der Waals surface area contributed by atoms with Crippen molar-refractivity contribution in [3.8, 4) is 0 Å². The van der Waals surface area contributed by atoms with Crippen LogP contribution < -0.4 is 0 Å². The smallest absolute Gasteiger partial charge is 0.364 e. The number of hydrogen-bond donors (Lipinski definition) is 1. The van der Waals surface area contributed by atoms with E-state index in [2.05, 4.69) is 0 Å². The van der Waals surface area contributed by atoms with Gasteiger partial charge in [-0.25, -0.2) is 4.79 Å². The lowest BCUT2D eigenvalue weighted by Gasteiger charge is -2.23. The molecule has 1 aliphatic carbocycles. The fourth-order valence-electron chi connectivity index (χ4n) is 1.96. The minimum Gasteiger partial charge on any atom is -0.476 e. The molecule has 0 aliphatic heterocycles. The van der Waals surface area contributed by atoms with E-state index in [0.29, 0.717) is 12.0 Å². The second kappa shape index (κ2) is 4.40. The van der Waals surface area contributed by atoms with Gasteiger partial charge in [-0.15, -0.1) is 0 Å².